The lowest BCUT2D eigenvalue weighted by Gasteiger charge is -2.41. The number of aliphatic hydroxyl groups excluding tert-OH is 5. The number of ether oxygens (including phenoxy) is 2. The Bertz CT molecular complexity index is 1250. The number of hydrogen-bond donors (Lipinski definition) is 6. The first-order chi connectivity index (χ1) is 31.9. The number of allylic oxidation sites excluding steroid dienone is 4. The molecule has 1 fully saturated rings. The minimum absolute atomic E-state index is 0.0976. The molecule has 1 aliphatic rings. The average Bonchev–Trinajstić information content (AvgIpc) is 3.30. The van der Waals surface area contributed by atoms with Crippen molar-refractivity contribution in [3.8, 4) is 0 Å². The van der Waals surface area contributed by atoms with Crippen LogP contribution in [0.15, 0.2) is 24.3 Å². The zero-order valence-electron chi connectivity index (χ0n) is 41.5. The smallest absolute Gasteiger partial charge is 0.462 e. The van der Waals surface area contributed by atoms with Crippen molar-refractivity contribution in [1.29, 1.82) is 0 Å². The molecule has 6 atom stereocenters. The molecule has 0 radical (unpaired) electrons. The van der Waals surface area contributed by atoms with E-state index in [1.165, 1.54) is 141 Å². The highest BCUT2D eigenvalue weighted by molar-refractivity contribution is 7.47. The molecule has 6 N–H and O–H groups in total. The van der Waals surface area contributed by atoms with Gasteiger partial charge in [0.25, 0.3) is 0 Å². The van der Waals surface area contributed by atoms with Crippen LogP contribution < -0.4 is 0 Å². The molecule has 1 saturated carbocycles. The molecular weight excluding hydrogens is 864 g/mol. The number of rotatable bonds is 45. The normalized spacial score (nSPS) is 21.4. The zero-order valence-corrected chi connectivity index (χ0v) is 42.4. The maximum absolute atomic E-state index is 12.9. The third-order valence-electron chi connectivity index (χ3n) is 12.5. The number of unbranched alkanes of at least 4 members (excludes halogenated alkanes) is 29. The van der Waals surface area contributed by atoms with Crippen molar-refractivity contribution in [3.05, 3.63) is 24.3 Å². The van der Waals surface area contributed by atoms with Gasteiger partial charge >= 0.3 is 19.8 Å². The van der Waals surface area contributed by atoms with Gasteiger partial charge in [0, 0.05) is 12.8 Å². The van der Waals surface area contributed by atoms with Gasteiger partial charge in [-0.25, -0.2) is 4.57 Å². The van der Waals surface area contributed by atoms with E-state index >= 15 is 0 Å². The second kappa shape index (κ2) is 42.2. The van der Waals surface area contributed by atoms with Gasteiger partial charge in [0.2, 0.25) is 0 Å². The molecule has 14 heteroatoms. The van der Waals surface area contributed by atoms with E-state index in [9.17, 15) is 44.6 Å². The molecule has 388 valence electrons. The summed E-state index contributed by atoms with van der Waals surface area (Å²) >= 11 is 0. The Balaban J connectivity index is 2.35. The van der Waals surface area contributed by atoms with Crippen LogP contribution in [0.5, 0.6) is 0 Å². The molecule has 13 nitrogen and oxygen atoms in total. The van der Waals surface area contributed by atoms with Gasteiger partial charge < -0.3 is 39.9 Å². The van der Waals surface area contributed by atoms with E-state index in [-0.39, 0.29) is 12.8 Å². The number of esters is 2. The monoisotopic (exact) mass is 961 g/mol. The summed E-state index contributed by atoms with van der Waals surface area (Å²) in [5.41, 5.74) is 0. The Hall–Kier alpha value is -1.67. The first-order valence-corrected chi connectivity index (χ1v) is 28.1. The fraction of sp³-hybridized carbons (Fsp3) is 0.885. The van der Waals surface area contributed by atoms with Gasteiger partial charge in [0.1, 0.15) is 43.2 Å². The maximum atomic E-state index is 12.9. The van der Waals surface area contributed by atoms with E-state index in [1.807, 2.05) is 0 Å². The minimum atomic E-state index is -5.12. The number of hydrogen-bond acceptors (Lipinski definition) is 12. The number of phosphoric ester groups is 1. The van der Waals surface area contributed by atoms with Crippen molar-refractivity contribution in [3.63, 3.8) is 0 Å². The molecule has 0 heterocycles. The lowest BCUT2D eigenvalue weighted by atomic mass is 9.85. The van der Waals surface area contributed by atoms with E-state index in [0.29, 0.717) is 12.8 Å². The van der Waals surface area contributed by atoms with E-state index in [1.54, 1.807) is 0 Å². The Kier molecular flexibility index (Phi) is 39.9. The highest BCUT2D eigenvalue weighted by Crippen LogP contribution is 2.47. The summed E-state index contributed by atoms with van der Waals surface area (Å²) in [6.07, 6.45) is 35.1. The number of carbonyl (C=O) groups excluding carboxylic acids is 2. The second-order valence-corrected chi connectivity index (χ2v) is 20.1. The van der Waals surface area contributed by atoms with Gasteiger partial charge in [0.05, 0.1) is 6.61 Å². The lowest BCUT2D eigenvalue weighted by Crippen LogP contribution is -2.64. The number of phosphoric acid groups is 1. The second-order valence-electron chi connectivity index (χ2n) is 18.7. The van der Waals surface area contributed by atoms with E-state index in [2.05, 4.69) is 38.2 Å². The Morgan fingerprint density at radius 1 is 0.470 bits per heavy atom. The zero-order chi connectivity index (χ0) is 48.5. The van der Waals surface area contributed by atoms with Crippen molar-refractivity contribution in [2.75, 3.05) is 13.2 Å². The Morgan fingerprint density at radius 2 is 0.818 bits per heavy atom. The molecule has 0 aromatic rings. The fourth-order valence-electron chi connectivity index (χ4n) is 8.26. The number of carbonyl (C=O) groups is 2. The van der Waals surface area contributed by atoms with Crippen molar-refractivity contribution in [2.45, 2.75) is 281 Å². The highest BCUT2D eigenvalue weighted by atomic mass is 31.2. The molecular formula is C52H97O13P. The molecule has 66 heavy (non-hydrogen) atoms. The molecule has 1 aliphatic carbocycles. The SMILES string of the molecule is CCCCCCC/C=C\C/C=C\CCCCCCCCCCCCCC(=O)OC(COC(=O)CCCCCCCCCCCCCCCC)COP(=O)(O)OC1C(O)C(O)C(O)C(O)C1O. The molecule has 0 aliphatic heterocycles. The van der Waals surface area contributed by atoms with Crippen LogP contribution in [-0.4, -0.2) is 98.3 Å². The highest BCUT2D eigenvalue weighted by Gasteiger charge is 2.51. The molecule has 6 unspecified atom stereocenters. The summed E-state index contributed by atoms with van der Waals surface area (Å²) in [4.78, 5) is 35.8. The molecule has 1 rings (SSSR count). The van der Waals surface area contributed by atoms with Gasteiger partial charge in [-0.1, -0.05) is 205 Å². The Morgan fingerprint density at radius 3 is 1.23 bits per heavy atom. The molecule has 0 spiro atoms. The van der Waals surface area contributed by atoms with Crippen LogP contribution in [0.2, 0.25) is 0 Å². The van der Waals surface area contributed by atoms with Crippen LogP contribution in [0.3, 0.4) is 0 Å². The van der Waals surface area contributed by atoms with Crippen LogP contribution in [0.4, 0.5) is 0 Å². The summed E-state index contributed by atoms with van der Waals surface area (Å²) in [7, 11) is -5.12. The Labute approximate surface area is 400 Å². The summed E-state index contributed by atoms with van der Waals surface area (Å²) in [6.45, 7) is 3.32. The summed E-state index contributed by atoms with van der Waals surface area (Å²) < 4.78 is 33.7. The van der Waals surface area contributed by atoms with E-state index in [0.717, 1.165) is 57.8 Å². The average molecular weight is 961 g/mol. The largest absolute Gasteiger partial charge is 0.472 e. The lowest BCUT2D eigenvalue weighted by molar-refractivity contribution is -0.220. The summed E-state index contributed by atoms with van der Waals surface area (Å²) in [5.74, 6) is -1.09. The third kappa shape index (κ3) is 33.8. The van der Waals surface area contributed by atoms with E-state index in [4.69, 9.17) is 18.5 Å². The predicted molar refractivity (Wildman–Crippen MR) is 263 cm³/mol. The first-order valence-electron chi connectivity index (χ1n) is 26.6. The van der Waals surface area contributed by atoms with Crippen molar-refractivity contribution in [2.24, 2.45) is 0 Å². The minimum Gasteiger partial charge on any atom is -0.462 e. The topological polar surface area (TPSA) is 210 Å². The standard InChI is InChI=1S/C52H97O13P/c1-3-5-7-9-11-13-15-17-19-20-21-22-23-24-25-26-27-29-31-33-35-37-39-41-46(54)64-44(43-63-66(60,61)65-52-50(58)48(56)47(55)49(57)51(52)59)42-62-45(53)40-38-36-34-32-30-28-18-16-14-12-10-8-6-4-2/h15,17,20-21,44,47-52,55-59H,3-14,16,18-19,22-43H2,1-2H3,(H,60,61)/b17-15-,21-20-. The van der Waals surface area contributed by atoms with Crippen LogP contribution in [-0.2, 0) is 32.7 Å². The molecule has 0 aromatic heterocycles. The van der Waals surface area contributed by atoms with Crippen LogP contribution in [0, 0.1) is 0 Å². The predicted octanol–water partition coefficient (Wildman–Crippen LogP) is 11.6. The molecule has 0 amide bonds. The third-order valence-corrected chi connectivity index (χ3v) is 13.5. The van der Waals surface area contributed by atoms with Crippen molar-refractivity contribution in [1.82, 2.24) is 0 Å². The molecule has 0 saturated heterocycles. The quantitative estimate of drug-likeness (QED) is 0.0145. The van der Waals surface area contributed by atoms with Crippen LogP contribution >= 0.6 is 7.82 Å². The summed E-state index contributed by atoms with van der Waals surface area (Å²) in [5, 5.41) is 50.3. The van der Waals surface area contributed by atoms with Gasteiger partial charge in [0.15, 0.2) is 6.10 Å². The van der Waals surface area contributed by atoms with Crippen molar-refractivity contribution >= 4 is 19.8 Å². The van der Waals surface area contributed by atoms with Crippen molar-refractivity contribution < 1.29 is 63.1 Å². The molecule has 0 aromatic carbocycles. The van der Waals surface area contributed by atoms with Gasteiger partial charge in [-0.2, -0.15) is 0 Å². The number of aliphatic hydroxyl groups is 5. The van der Waals surface area contributed by atoms with Gasteiger partial charge in [-0.3, -0.25) is 18.6 Å². The fourth-order valence-corrected chi connectivity index (χ4v) is 9.23. The van der Waals surface area contributed by atoms with Crippen LogP contribution in [0.25, 0.3) is 0 Å². The van der Waals surface area contributed by atoms with Gasteiger partial charge in [-0.05, 0) is 44.9 Å². The van der Waals surface area contributed by atoms with Gasteiger partial charge in [-0.15, -0.1) is 0 Å². The first kappa shape index (κ1) is 62.3. The summed E-state index contributed by atoms with van der Waals surface area (Å²) in [6, 6.07) is 0. The maximum Gasteiger partial charge on any atom is 0.472 e. The van der Waals surface area contributed by atoms with E-state index < -0.39 is 75.7 Å². The van der Waals surface area contributed by atoms with Crippen LogP contribution in [0.1, 0.15) is 239 Å². The molecule has 0 bridgehead atoms.